The fourth-order valence-corrected chi connectivity index (χ4v) is 1.66. The van der Waals surface area contributed by atoms with Gasteiger partial charge >= 0.3 is 0 Å². The molecule has 3 aromatic rings. The average Bonchev–Trinajstić information content (AvgIpc) is 3.19. The Kier molecular flexibility index (Phi) is 3.55. The van der Waals surface area contributed by atoms with Gasteiger partial charge in [0.1, 0.15) is 5.69 Å². The summed E-state index contributed by atoms with van der Waals surface area (Å²) in [7, 11) is 0. The molecule has 0 aliphatic heterocycles. The van der Waals surface area contributed by atoms with Crippen LogP contribution in [0, 0.1) is 0 Å². The van der Waals surface area contributed by atoms with Gasteiger partial charge < -0.3 is 4.42 Å². The highest BCUT2D eigenvalue weighted by molar-refractivity contribution is 5.93. The van der Waals surface area contributed by atoms with Crippen LogP contribution in [0.2, 0.25) is 0 Å². The Bertz CT molecular complexity index is 747. The van der Waals surface area contributed by atoms with Crippen molar-refractivity contribution >= 4 is 12.1 Å². The number of amides is 1. The van der Waals surface area contributed by atoms with E-state index in [1.54, 1.807) is 42.8 Å². The lowest BCUT2D eigenvalue weighted by molar-refractivity contribution is 0.0950. The van der Waals surface area contributed by atoms with Crippen molar-refractivity contribution in [3.8, 4) is 11.5 Å². The van der Waals surface area contributed by atoms with Gasteiger partial charge in [-0.2, -0.15) is 10.2 Å². The smallest absolute Gasteiger partial charge is 0.291 e. The van der Waals surface area contributed by atoms with Crippen molar-refractivity contribution in [3.63, 3.8) is 0 Å². The molecule has 0 radical (unpaired) electrons. The van der Waals surface area contributed by atoms with Crippen molar-refractivity contribution in [2.75, 3.05) is 0 Å². The summed E-state index contributed by atoms with van der Waals surface area (Å²) in [5, 5.41) is 10.5. The second-order valence-corrected chi connectivity index (χ2v) is 4.10. The van der Waals surface area contributed by atoms with E-state index in [9.17, 15) is 4.79 Å². The molecule has 21 heavy (non-hydrogen) atoms. The van der Waals surface area contributed by atoms with E-state index in [1.807, 2.05) is 6.07 Å². The Balaban J connectivity index is 1.65. The zero-order chi connectivity index (χ0) is 14.5. The molecule has 0 fully saturated rings. The maximum absolute atomic E-state index is 11.9. The molecule has 0 saturated carbocycles. The molecule has 3 aromatic heterocycles. The minimum Gasteiger partial charge on any atom is -0.463 e. The normalized spacial score (nSPS) is 10.9. The third kappa shape index (κ3) is 3.03. The molecule has 3 rings (SSSR count). The minimum absolute atomic E-state index is 0.222. The van der Waals surface area contributed by atoms with E-state index in [1.165, 1.54) is 6.21 Å². The Morgan fingerprint density at radius 2 is 2.29 bits per heavy atom. The molecular formula is C14H11N5O2. The summed E-state index contributed by atoms with van der Waals surface area (Å²) in [6, 6.07) is 10.5. The molecule has 0 spiro atoms. The topological polar surface area (TPSA) is 96.2 Å². The molecule has 2 N–H and O–H groups in total. The number of nitrogens with zero attached hydrogens (tertiary/aromatic N) is 3. The van der Waals surface area contributed by atoms with E-state index in [2.05, 4.69) is 25.7 Å². The maximum atomic E-state index is 11.9. The van der Waals surface area contributed by atoms with Crippen LogP contribution < -0.4 is 5.43 Å². The summed E-state index contributed by atoms with van der Waals surface area (Å²) in [6.07, 6.45) is 4.65. The Morgan fingerprint density at radius 1 is 1.33 bits per heavy atom. The van der Waals surface area contributed by atoms with Crippen molar-refractivity contribution in [3.05, 3.63) is 60.2 Å². The number of hydrazone groups is 1. The van der Waals surface area contributed by atoms with E-state index in [0.29, 0.717) is 17.1 Å². The molecule has 0 aliphatic rings. The van der Waals surface area contributed by atoms with Crippen LogP contribution in [0.15, 0.2) is 58.4 Å². The highest BCUT2D eigenvalue weighted by Gasteiger charge is 2.11. The third-order valence-corrected chi connectivity index (χ3v) is 2.65. The molecule has 0 saturated heterocycles. The number of aromatic nitrogens is 3. The molecule has 0 bridgehead atoms. The summed E-state index contributed by atoms with van der Waals surface area (Å²) in [5.41, 5.74) is 3.88. The maximum Gasteiger partial charge on any atom is 0.291 e. The lowest BCUT2D eigenvalue weighted by Gasteiger charge is -1.94. The van der Waals surface area contributed by atoms with Gasteiger partial charge in [0.2, 0.25) is 0 Å². The average molecular weight is 281 g/mol. The van der Waals surface area contributed by atoms with Gasteiger partial charge in [0.25, 0.3) is 5.91 Å². The van der Waals surface area contributed by atoms with Crippen molar-refractivity contribution in [2.24, 2.45) is 5.10 Å². The van der Waals surface area contributed by atoms with Gasteiger partial charge in [-0.25, -0.2) is 5.43 Å². The predicted molar refractivity (Wildman–Crippen MR) is 75.6 cm³/mol. The van der Waals surface area contributed by atoms with Crippen molar-refractivity contribution < 1.29 is 9.21 Å². The van der Waals surface area contributed by atoms with Crippen LogP contribution in [0.4, 0.5) is 0 Å². The molecule has 7 nitrogen and oxygen atoms in total. The molecule has 104 valence electrons. The molecule has 3 heterocycles. The summed E-state index contributed by atoms with van der Waals surface area (Å²) >= 11 is 0. The van der Waals surface area contributed by atoms with Crippen molar-refractivity contribution in [1.29, 1.82) is 0 Å². The molecule has 1 amide bonds. The predicted octanol–water partition coefficient (Wildman–Crippen LogP) is 1.83. The minimum atomic E-state index is -0.420. The fourth-order valence-electron chi connectivity index (χ4n) is 1.66. The number of furan rings is 1. The van der Waals surface area contributed by atoms with Crippen LogP contribution >= 0.6 is 0 Å². The van der Waals surface area contributed by atoms with Gasteiger partial charge in [-0.1, -0.05) is 6.07 Å². The Labute approximate surface area is 119 Å². The van der Waals surface area contributed by atoms with Gasteiger partial charge in [-0.15, -0.1) is 0 Å². The molecule has 0 aliphatic carbocycles. The number of aromatic amines is 1. The first kappa shape index (κ1) is 12.8. The molecule has 0 unspecified atom stereocenters. The molecule has 7 heteroatoms. The molecule has 0 atom stereocenters. The number of nitrogens with one attached hydrogen (secondary N) is 2. The number of hydrogen-bond donors (Lipinski definition) is 2. The lowest BCUT2D eigenvalue weighted by Crippen LogP contribution is -2.18. The first-order chi connectivity index (χ1) is 10.3. The number of carbonyl (C=O) groups excluding carboxylic acids is 1. The van der Waals surface area contributed by atoms with Gasteiger partial charge in [0.15, 0.2) is 11.5 Å². The first-order valence-electron chi connectivity index (χ1n) is 6.16. The summed E-state index contributed by atoms with van der Waals surface area (Å²) < 4.78 is 5.21. The highest BCUT2D eigenvalue weighted by atomic mass is 16.3. The number of rotatable bonds is 4. The second-order valence-electron chi connectivity index (χ2n) is 4.10. The van der Waals surface area contributed by atoms with Crippen LogP contribution in [-0.2, 0) is 0 Å². The number of carbonyl (C=O) groups is 1. The number of hydrogen-bond acceptors (Lipinski definition) is 5. The summed E-state index contributed by atoms with van der Waals surface area (Å²) in [6.45, 7) is 0. The van der Waals surface area contributed by atoms with Gasteiger partial charge in [-0.05, 0) is 24.3 Å². The monoisotopic (exact) mass is 281 g/mol. The first-order valence-corrected chi connectivity index (χ1v) is 6.16. The quantitative estimate of drug-likeness (QED) is 0.563. The van der Waals surface area contributed by atoms with Crippen LogP contribution in [-0.4, -0.2) is 27.3 Å². The van der Waals surface area contributed by atoms with E-state index in [4.69, 9.17) is 4.42 Å². The Hall–Kier alpha value is -3.22. The highest BCUT2D eigenvalue weighted by Crippen LogP contribution is 2.17. The van der Waals surface area contributed by atoms with Crippen LogP contribution in [0.3, 0.4) is 0 Å². The summed E-state index contributed by atoms with van der Waals surface area (Å²) in [5.74, 6) is 0.190. The number of H-pyrrole nitrogens is 1. The standard InChI is InChI=1S/C14H11N5O2/c20-14(19-16-9-10-4-1-2-6-15-10)12-8-11(17-18-12)13-5-3-7-21-13/h1-9H,(H,17,18)(H,19,20)/b16-9+. The van der Waals surface area contributed by atoms with E-state index < -0.39 is 5.91 Å². The Morgan fingerprint density at radius 3 is 3.05 bits per heavy atom. The van der Waals surface area contributed by atoms with E-state index >= 15 is 0 Å². The van der Waals surface area contributed by atoms with Gasteiger partial charge in [0, 0.05) is 12.3 Å². The van der Waals surface area contributed by atoms with Crippen molar-refractivity contribution in [2.45, 2.75) is 0 Å². The largest absolute Gasteiger partial charge is 0.463 e. The zero-order valence-corrected chi connectivity index (χ0v) is 10.9. The van der Waals surface area contributed by atoms with Gasteiger partial charge in [-0.3, -0.25) is 14.9 Å². The molecular weight excluding hydrogens is 270 g/mol. The fraction of sp³-hybridized carbons (Fsp3) is 0. The van der Waals surface area contributed by atoms with E-state index in [0.717, 1.165) is 0 Å². The molecule has 0 aromatic carbocycles. The summed E-state index contributed by atoms with van der Waals surface area (Å²) in [4.78, 5) is 15.9. The SMILES string of the molecule is O=C(N/N=C/c1ccccn1)c1cc(-c2ccco2)[nH]n1. The van der Waals surface area contributed by atoms with Crippen molar-refractivity contribution in [1.82, 2.24) is 20.6 Å². The second kappa shape index (κ2) is 5.83. The third-order valence-electron chi connectivity index (χ3n) is 2.65. The van der Waals surface area contributed by atoms with Crippen LogP contribution in [0.25, 0.3) is 11.5 Å². The number of pyridine rings is 1. The van der Waals surface area contributed by atoms with Crippen LogP contribution in [0.5, 0.6) is 0 Å². The lowest BCUT2D eigenvalue weighted by atomic mass is 10.3. The van der Waals surface area contributed by atoms with Gasteiger partial charge in [0.05, 0.1) is 18.2 Å². The van der Waals surface area contributed by atoms with Crippen LogP contribution in [0.1, 0.15) is 16.2 Å². The van der Waals surface area contributed by atoms with E-state index in [-0.39, 0.29) is 5.69 Å². The zero-order valence-electron chi connectivity index (χ0n) is 10.9.